The minimum Gasteiger partial charge on any atom is -0.470 e. The van der Waals surface area contributed by atoms with Crippen molar-refractivity contribution in [3.8, 4) is 0 Å². The first-order valence-corrected chi connectivity index (χ1v) is 22.1. The van der Waals surface area contributed by atoms with Gasteiger partial charge in [-0.15, -0.1) is 10.0 Å². The maximum atomic E-state index is 7.21. The van der Waals surface area contributed by atoms with Crippen LogP contribution >= 0.6 is 10.0 Å². The maximum Gasteiger partial charge on any atom is 0.292 e. The SMILES string of the molecule is BC12CCCCC1(B)N1c3cc(S(c4ccccc4)(c4ccccc4)c4ccccc4)cc4c3B(c3cccc2c31)c1oc2ccc(N(C)C)cc2c1C4(C)C. The van der Waals surface area contributed by atoms with Crippen molar-refractivity contribution in [3.05, 3.63) is 156 Å². The highest BCUT2D eigenvalue weighted by molar-refractivity contribution is 8.34. The van der Waals surface area contributed by atoms with Crippen LogP contribution in [0.15, 0.2) is 164 Å². The fraction of sp³-hybridized carbons (Fsp3) is 0.224. The van der Waals surface area contributed by atoms with Crippen molar-refractivity contribution in [1.29, 1.82) is 0 Å². The van der Waals surface area contributed by atoms with E-state index >= 15 is 0 Å². The van der Waals surface area contributed by atoms with Gasteiger partial charge in [0.05, 0.1) is 5.66 Å². The molecule has 56 heavy (non-hydrogen) atoms. The number of fused-ring (bicyclic) bond motifs is 9. The zero-order valence-corrected chi connectivity index (χ0v) is 34.2. The fourth-order valence-electron chi connectivity index (χ4n) is 11.7. The van der Waals surface area contributed by atoms with Gasteiger partial charge in [0, 0.05) is 72.5 Å². The Morgan fingerprint density at radius 1 is 0.679 bits per heavy atom. The van der Waals surface area contributed by atoms with Crippen molar-refractivity contribution in [2.24, 2.45) is 0 Å². The highest BCUT2D eigenvalue weighted by Crippen LogP contribution is 2.74. The van der Waals surface area contributed by atoms with E-state index < -0.39 is 10.0 Å². The molecule has 0 spiro atoms. The number of nitrogens with zero attached hydrogens (tertiary/aromatic N) is 2. The van der Waals surface area contributed by atoms with Crippen LogP contribution in [0.3, 0.4) is 0 Å². The van der Waals surface area contributed by atoms with E-state index in [9.17, 15) is 0 Å². The Bertz CT molecular complexity index is 2620. The number of anilines is 3. The highest BCUT2D eigenvalue weighted by atomic mass is 32.3. The van der Waals surface area contributed by atoms with Crippen LogP contribution < -0.4 is 26.4 Å². The molecule has 11 rings (SSSR count). The van der Waals surface area contributed by atoms with Crippen LogP contribution in [0.5, 0.6) is 0 Å². The second kappa shape index (κ2) is 11.8. The van der Waals surface area contributed by atoms with Crippen molar-refractivity contribution in [2.45, 2.75) is 75.3 Å². The minimum absolute atomic E-state index is 0.000380. The molecule has 1 saturated carbocycles. The van der Waals surface area contributed by atoms with E-state index in [1.807, 2.05) is 0 Å². The number of furan rings is 1. The summed E-state index contributed by atoms with van der Waals surface area (Å²) in [6.07, 6.45) is 4.88. The number of para-hydroxylation sites is 1. The molecule has 2 unspecified atom stereocenters. The zero-order chi connectivity index (χ0) is 38.2. The van der Waals surface area contributed by atoms with Crippen LogP contribution in [0.25, 0.3) is 11.0 Å². The number of benzene rings is 6. The summed E-state index contributed by atoms with van der Waals surface area (Å²) in [5.74, 6) is 0. The van der Waals surface area contributed by atoms with E-state index in [1.54, 1.807) is 0 Å². The summed E-state index contributed by atoms with van der Waals surface area (Å²) in [4.78, 5) is 10.5. The summed E-state index contributed by atoms with van der Waals surface area (Å²) < 4.78 is 7.21. The van der Waals surface area contributed by atoms with Gasteiger partial charge in [-0.1, -0.05) is 99.5 Å². The summed E-state index contributed by atoms with van der Waals surface area (Å²) in [5.41, 5.74) is 12.8. The lowest BCUT2D eigenvalue weighted by molar-refractivity contribution is 0.321. The van der Waals surface area contributed by atoms with Crippen molar-refractivity contribution >= 4 is 77.0 Å². The van der Waals surface area contributed by atoms with Gasteiger partial charge in [0.25, 0.3) is 6.71 Å². The molecule has 0 amide bonds. The molecule has 3 aliphatic heterocycles. The van der Waals surface area contributed by atoms with Gasteiger partial charge < -0.3 is 14.2 Å². The third-order valence-electron chi connectivity index (χ3n) is 14.5. The van der Waals surface area contributed by atoms with Crippen molar-refractivity contribution < 1.29 is 4.42 Å². The van der Waals surface area contributed by atoms with E-state index in [0.29, 0.717) is 0 Å². The second-order valence-corrected chi connectivity index (χ2v) is 20.9. The summed E-state index contributed by atoms with van der Waals surface area (Å²) in [7, 11) is 7.47. The lowest BCUT2D eigenvalue weighted by atomic mass is 9.32. The number of rotatable bonds is 5. The van der Waals surface area contributed by atoms with Gasteiger partial charge in [-0.25, -0.2) is 0 Å². The van der Waals surface area contributed by atoms with Gasteiger partial charge in [-0.2, -0.15) is 0 Å². The van der Waals surface area contributed by atoms with Gasteiger partial charge in [-0.3, -0.25) is 0 Å². The first-order valence-electron chi connectivity index (χ1n) is 20.5. The predicted molar refractivity (Wildman–Crippen MR) is 242 cm³/mol. The minimum atomic E-state index is -1.96. The third-order valence-corrected chi connectivity index (χ3v) is 18.4. The Balaban J connectivity index is 1.32. The molecule has 0 radical (unpaired) electrons. The maximum absolute atomic E-state index is 7.21. The van der Waals surface area contributed by atoms with Gasteiger partial charge >= 0.3 is 0 Å². The molecule has 2 atom stereocenters. The lowest BCUT2D eigenvalue weighted by Crippen LogP contribution is -2.67. The largest absolute Gasteiger partial charge is 0.470 e. The molecular formula is C49H47B3N2OS. The molecule has 0 saturated heterocycles. The first-order chi connectivity index (χ1) is 27.1. The monoisotopic (exact) mass is 744 g/mol. The smallest absolute Gasteiger partial charge is 0.292 e. The molecule has 7 heteroatoms. The third kappa shape index (κ3) is 4.20. The van der Waals surface area contributed by atoms with Gasteiger partial charge in [0.1, 0.15) is 21.3 Å². The van der Waals surface area contributed by atoms with Crippen molar-refractivity contribution in [1.82, 2.24) is 0 Å². The van der Waals surface area contributed by atoms with E-state index in [-0.39, 0.29) is 22.9 Å². The van der Waals surface area contributed by atoms with E-state index in [4.69, 9.17) is 4.42 Å². The van der Waals surface area contributed by atoms with Gasteiger partial charge in [-0.05, 0) is 107 Å². The number of hydrogen-bond acceptors (Lipinski definition) is 3. The second-order valence-electron chi connectivity index (χ2n) is 17.8. The van der Waals surface area contributed by atoms with Gasteiger partial charge in [0.15, 0.2) is 0 Å². The molecule has 1 fully saturated rings. The molecule has 4 aliphatic rings. The van der Waals surface area contributed by atoms with Crippen LogP contribution in [0.1, 0.15) is 56.2 Å². The topological polar surface area (TPSA) is 19.6 Å². The summed E-state index contributed by atoms with van der Waals surface area (Å²) in [6, 6.07) is 53.4. The van der Waals surface area contributed by atoms with Crippen LogP contribution in [0, 0.1) is 0 Å². The zero-order valence-electron chi connectivity index (χ0n) is 33.4. The Kier molecular flexibility index (Phi) is 7.20. The molecular weight excluding hydrogens is 697 g/mol. The Morgan fingerprint density at radius 2 is 1.30 bits per heavy atom. The predicted octanol–water partition coefficient (Wildman–Crippen LogP) is 8.19. The molecule has 3 nitrogen and oxygen atoms in total. The molecule has 1 aliphatic carbocycles. The standard InChI is InChI=1S/C49H47B3N2OS/c1-47(2)39-30-36(56(33-17-8-5-9-18-33,34-19-10-6-11-20-34)35-21-12-7-13-22-35)31-41-44(39)52(46-43(47)37-29-32(53(3)4)25-26-42(37)55-46)40-24-16-23-38-45(40)54(41)49(51)28-15-14-27-48(38,49)50/h5-13,16-26,29-31H,14-15,27-28,50-51H2,1-4H3. The van der Waals surface area contributed by atoms with Crippen LogP contribution in [0.4, 0.5) is 17.1 Å². The molecule has 0 bridgehead atoms. The highest BCUT2D eigenvalue weighted by Gasteiger charge is 2.62. The van der Waals surface area contributed by atoms with Crippen LogP contribution in [0.2, 0.25) is 0 Å². The average molecular weight is 744 g/mol. The molecule has 1 aromatic heterocycles. The molecule has 274 valence electrons. The van der Waals surface area contributed by atoms with E-state index in [2.05, 4.69) is 193 Å². The molecule has 6 aromatic carbocycles. The first kappa shape index (κ1) is 34.3. The van der Waals surface area contributed by atoms with Crippen LogP contribution in [-0.4, -0.2) is 41.9 Å². The van der Waals surface area contributed by atoms with Crippen molar-refractivity contribution in [3.63, 3.8) is 0 Å². The van der Waals surface area contributed by atoms with Crippen LogP contribution in [-0.2, 0) is 10.7 Å². The van der Waals surface area contributed by atoms with E-state index in [1.165, 1.54) is 95.3 Å². The van der Waals surface area contributed by atoms with Crippen molar-refractivity contribution in [2.75, 3.05) is 23.9 Å². The summed E-state index contributed by atoms with van der Waals surface area (Å²) in [5, 5.41) is 1.26. The summed E-state index contributed by atoms with van der Waals surface area (Å²) in [6.45, 7) is 4.93. The normalized spacial score (nSPS) is 21.6. The average Bonchev–Trinajstić information content (AvgIpc) is 3.71. The quantitative estimate of drug-likeness (QED) is 0.166. The van der Waals surface area contributed by atoms with Gasteiger partial charge in [0.2, 0.25) is 0 Å². The number of hydrogen-bond donors (Lipinski definition) is 0. The Morgan fingerprint density at radius 3 is 1.93 bits per heavy atom. The Hall–Kier alpha value is -5.00. The van der Waals surface area contributed by atoms with E-state index in [0.717, 1.165) is 11.2 Å². The summed E-state index contributed by atoms with van der Waals surface area (Å²) >= 11 is 0. The molecule has 0 N–H and O–H groups in total. The molecule has 4 heterocycles. The fourth-order valence-corrected chi connectivity index (χ4v) is 15.6. The Labute approximate surface area is 335 Å². The lowest BCUT2D eigenvalue weighted by Gasteiger charge is -2.54. The molecule has 7 aromatic rings.